The van der Waals surface area contributed by atoms with Crippen molar-refractivity contribution >= 4 is 28.6 Å². The average Bonchev–Trinajstić information content (AvgIpc) is 2.77. The number of ether oxygens (including phenoxy) is 1. The highest BCUT2D eigenvalue weighted by molar-refractivity contribution is 7.11. The first kappa shape index (κ1) is 16.1. The average molecular weight is 325 g/mol. The van der Waals surface area contributed by atoms with Gasteiger partial charge in [0.1, 0.15) is 5.75 Å². The third-order valence-electron chi connectivity index (χ3n) is 3.13. The van der Waals surface area contributed by atoms with Crippen molar-refractivity contribution < 1.29 is 4.74 Å². The Hall–Kier alpha value is -1.26. The highest BCUT2D eigenvalue weighted by Crippen LogP contribution is 2.30. The van der Waals surface area contributed by atoms with Crippen molar-refractivity contribution in [1.29, 1.82) is 0 Å². The third-order valence-corrected chi connectivity index (χ3v) is 4.32. The summed E-state index contributed by atoms with van der Waals surface area (Å²) in [6.07, 6.45) is 0.968. The van der Waals surface area contributed by atoms with Gasteiger partial charge in [-0.25, -0.2) is 4.98 Å². The van der Waals surface area contributed by atoms with Gasteiger partial charge in [0, 0.05) is 10.6 Å². The van der Waals surface area contributed by atoms with Crippen LogP contribution in [0.5, 0.6) is 5.75 Å². The van der Waals surface area contributed by atoms with Crippen LogP contribution in [0.1, 0.15) is 41.9 Å². The normalized spacial score (nSPS) is 12.2. The minimum absolute atomic E-state index is 0.147. The number of halogens is 1. The highest BCUT2D eigenvalue weighted by atomic mass is 35.5. The SMILES string of the molecule is CCCOc1ccc(NC(C)c2nc(C)sc2C)cc1Cl. The Morgan fingerprint density at radius 1 is 1.38 bits per heavy atom. The summed E-state index contributed by atoms with van der Waals surface area (Å²) >= 11 is 7.98. The Labute approximate surface area is 135 Å². The Bertz CT molecular complexity index is 612. The van der Waals surface area contributed by atoms with Crippen LogP contribution in [-0.4, -0.2) is 11.6 Å². The molecule has 1 heterocycles. The van der Waals surface area contributed by atoms with Crippen LogP contribution in [-0.2, 0) is 0 Å². The van der Waals surface area contributed by atoms with Crippen LogP contribution in [0.15, 0.2) is 18.2 Å². The van der Waals surface area contributed by atoms with E-state index in [1.54, 1.807) is 11.3 Å². The van der Waals surface area contributed by atoms with Gasteiger partial charge in [0.25, 0.3) is 0 Å². The Balaban J connectivity index is 2.09. The van der Waals surface area contributed by atoms with E-state index in [-0.39, 0.29) is 6.04 Å². The molecule has 0 aliphatic carbocycles. The maximum absolute atomic E-state index is 6.25. The lowest BCUT2D eigenvalue weighted by molar-refractivity contribution is 0.317. The summed E-state index contributed by atoms with van der Waals surface area (Å²) in [4.78, 5) is 5.84. The van der Waals surface area contributed by atoms with Gasteiger partial charge in [0.05, 0.1) is 28.4 Å². The molecule has 0 aliphatic heterocycles. The highest BCUT2D eigenvalue weighted by Gasteiger charge is 2.13. The van der Waals surface area contributed by atoms with Crippen molar-refractivity contribution in [1.82, 2.24) is 4.98 Å². The third kappa shape index (κ3) is 4.11. The second-order valence-corrected chi connectivity index (χ2v) is 6.85. The molecule has 0 radical (unpaired) electrons. The number of nitrogens with one attached hydrogen (secondary N) is 1. The van der Waals surface area contributed by atoms with Gasteiger partial charge in [-0.3, -0.25) is 0 Å². The number of benzene rings is 1. The number of aryl methyl sites for hydroxylation is 2. The van der Waals surface area contributed by atoms with Crippen molar-refractivity contribution in [3.05, 3.63) is 38.8 Å². The molecule has 0 saturated carbocycles. The van der Waals surface area contributed by atoms with Crippen molar-refractivity contribution in [2.45, 2.75) is 40.2 Å². The van der Waals surface area contributed by atoms with E-state index in [2.05, 4.69) is 31.1 Å². The zero-order valence-corrected chi connectivity index (χ0v) is 14.4. The van der Waals surface area contributed by atoms with Gasteiger partial charge in [0.15, 0.2) is 0 Å². The number of thiazole rings is 1. The molecule has 0 fully saturated rings. The minimum atomic E-state index is 0.147. The predicted molar refractivity (Wildman–Crippen MR) is 90.9 cm³/mol. The molecule has 2 rings (SSSR count). The molecule has 0 aliphatic rings. The molecule has 1 aromatic carbocycles. The van der Waals surface area contributed by atoms with Crippen molar-refractivity contribution in [2.24, 2.45) is 0 Å². The van der Waals surface area contributed by atoms with E-state index in [9.17, 15) is 0 Å². The number of nitrogens with zero attached hydrogens (tertiary/aromatic N) is 1. The zero-order chi connectivity index (χ0) is 15.4. The fourth-order valence-electron chi connectivity index (χ4n) is 2.18. The van der Waals surface area contributed by atoms with E-state index in [1.807, 2.05) is 25.1 Å². The van der Waals surface area contributed by atoms with Crippen LogP contribution < -0.4 is 10.1 Å². The first-order chi connectivity index (χ1) is 10.0. The Kier molecular flexibility index (Phi) is 5.48. The molecule has 0 bridgehead atoms. The molecule has 21 heavy (non-hydrogen) atoms. The van der Waals surface area contributed by atoms with E-state index in [1.165, 1.54) is 4.88 Å². The Morgan fingerprint density at radius 3 is 2.71 bits per heavy atom. The van der Waals surface area contributed by atoms with E-state index in [4.69, 9.17) is 16.3 Å². The predicted octanol–water partition coefficient (Wildman–Crippen LogP) is 5.38. The lowest BCUT2D eigenvalue weighted by atomic mass is 10.2. The topological polar surface area (TPSA) is 34.1 Å². The maximum Gasteiger partial charge on any atom is 0.138 e. The van der Waals surface area contributed by atoms with Gasteiger partial charge >= 0.3 is 0 Å². The number of hydrogen-bond donors (Lipinski definition) is 1. The van der Waals surface area contributed by atoms with E-state index in [0.717, 1.165) is 28.6 Å². The number of anilines is 1. The summed E-state index contributed by atoms with van der Waals surface area (Å²) in [7, 11) is 0. The second-order valence-electron chi connectivity index (χ2n) is 5.03. The molecule has 0 amide bonds. The molecule has 114 valence electrons. The molecule has 5 heteroatoms. The summed E-state index contributed by atoms with van der Waals surface area (Å²) in [5.41, 5.74) is 2.07. The quantitative estimate of drug-likeness (QED) is 0.775. The lowest BCUT2D eigenvalue weighted by Crippen LogP contribution is -2.08. The monoisotopic (exact) mass is 324 g/mol. The van der Waals surface area contributed by atoms with Crippen molar-refractivity contribution in [3.8, 4) is 5.75 Å². The molecule has 1 unspecified atom stereocenters. The van der Waals surface area contributed by atoms with Crippen LogP contribution >= 0.6 is 22.9 Å². The molecular formula is C16H21ClN2OS. The van der Waals surface area contributed by atoms with E-state index in [0.29, 0.717) is 11.6 Å². The first-order valence-electron chi connectivity index (χ1n) is 7.14. The van der Waals surface area contributed by atoms with Crippen molar-refractivity contribution in [3.63, 3.8) is 0 Å². The Morgan fingerprint density at radius 2 is 2.14 bits per heavy atom. The molecule has 0 spiro atoms. The second kappa shape index (κ2) is 7.14. The summed E-state index contributed by atoms with van der Waals surface area (Å²) in [5, 5.41) is 5.17. The summed E-state index contributed by atoms with van der Waals surface area (Å²) in [6, 6.07) is 5.94. The smallest absolute Gasteiger partial charge is 0.138 e. The van der Waals surface area contributed by atoms with Gasteiger partial charge in [-0.15, -0.1) is 11.3 Å². The number of rotatable bonds is 6. The first-order valence-corrected chi connectivity index (χ1v) is 8.33. The van der Waals surface area contributed by atoms with Gasteiger partial charge in [0.2, 0.25) is 0 Å². The lowest BCUT2D eigenvalue weighted by Gasteiger charge is -2.15. The van der Waals surface area contributed by atoms with Gasteiger partial charge in [-0.2, -0.15) is 0 Å². The van der Waals surface area contributed by atoms with E-state index < -0.39 is 0 Å². The zero-order valence-electron chi connectivity index (χ0n) is 12.9. The van der Waals surface area contributed by atoms with Gasteiger partial charge in [-0.1, -0.05) is 18.5 Å². The molecular weight excluding hydrogens is 304 g/mol. The van der Waals surface area contributed by atoms with Crippen LogP contribution in [0.25, 0.3) is 0 Å². The number of aromatic nitrogens is 1. The molecule has 2 aromatic rings. The summed E-state index contributed by atoms with van der Waals surface area (Å²) < 4.78 is 5.58. The van der Waals surface area contributed by atoms with Crippen LogP contribution in [0.3, 0.4) is 0 Å². The van der Waals surface area contributed by atoms with Crippen molar-refractivity contribution in [2.75, 3.05) is 11.9 Å². The number of hydrogen-bond acceptors (Lipinski definition) is 4. The molecule has 1 N–H and O–H groups in total. The maximum atomic E-state index is 6.25. The molecule has 0 saturated heterocycles. The van der Waals surface area contributed by atoms with Gasteiger partial charge in [-0.05, 0) is 45.4 Å². The fourth-order valence-corrected chi connectivity index (χ4v) is 3.33. The molecule has 1 aromatic heterocycles. The molecule has 3 nitrogen and oxygen atoms in total. The van der Waals surface area contributed by atoms with Crippen LogP contribution in [0.4, 0.5) is 5.69 Å². The largest absolute Gasteiger partial charge is 0.492 e. The van der Waals surface area contributed by atoms with Crippen LogP contribution in [0, 0.1) is 13.8 Å². The summed E-state index contributed by atoms with van der Waals surface area (Å²) in [5.74, 6) is 0.734. The summed E-state index contributed by atoms with van der Waals surface area (Å²) in [6.45, 7) is 9.00. The van der Waals surface area contributed by atoms with Gasteiger partial charge < -0.3 is 10.1 Å². The van der Waals surface area contributed by atoms with Crippen LogP contribution in [0.2, 0.25) is 5.02 Å². The fraction of sp³-hybridized carbons (Fsp3) is 0.438. The molecule has 1 atom stereocenters. The van der Waals surface area contributed by atoms with E-state index >= 15 is 0 Å². The standard InChI is InChI=1S/C16H21ClN2OS/c1-5-8-20-15-7-6-13(9-14(15)17)18-10(2)16-11(3)21-12(4)19-16/h6-7,9-10,18H,5,8H2,1-4H3. The minimum Gasteiger partial charge on any atom is -0.492 e.